The van der Waals surface area contributed by atoms with Crippen LogP contribution in [0.5, 0.6) is 0 Å². The minimum absolute atomic E-state index is 0.0759. The average molecular weight is 261 g/mol. The van der Waals surface area contributed by atoms with Crippen molar-refractivity contribution in [2.24, 2.45) is 0 Å². The van der Waals surface area contributed by atoms with Crippen LogP contribution in [0.1, 0.15) is 32.0 Å². The third-order valence-corrected chi connectivity index (χ3v) is 2.32. The standard InChI is InChI=1S/C10H17ClN4O2/c1-4-12-8(16)6-15(5-2)10-14-13-9(17-10)7(3)11/h7H,4-6H2,1-3H3,(H,12,16). The molecule has 0 fully saturated rings. The molecular formula is C10H17ClN4O2. The normalized spacial score (nSPS) is 12.2. The molecule has 0 aromatic carbocycles. The van der Waals surface area contributed by atoms with Crippen molar-refractivity contribution in [1.29, 1.82) is 0 Å². The number of nitrogens with one attached hydrogen (secondary N) is 1. The number of likely N-dealkylation sites (N-methyl/N-ethyl adjacent to an activating group) is 2. The third-order valence-electron chi connectivity index (χ3n) is 2.13. The predicted molar refractivity (Wildman–Crippen MR) is 65.1 cm³/mol. The Morgan fingerprint density at radius 2 is 2.24 bits per heavy atom. The number of halogens is 1. The Morgan fingerprint density at radius 3 is 2.71 bits per heavy atom. The molecule has 1 aromatic rings. The largest absolute Gasteiger partial charge is 0.406 e. The van der Waals surface area contributed by atoms with Crippen LogP contribution in [0.15, 0.2) is 4.42 Å². The van der Waals surface area contributed by atoms with E-state index in [1.807, 2.05) is 13.8 Å². The SMILES string of the molecule is CCNC(=O)CN(CC)c1nnc(C(C)Cl)o1. The Morgan fingerprint density at radius 1 is 1.53 bits per heavy atom. The van der Waals surface area contributed by atoms with Crippen molar-refractivity contribution in [2.75, 3.05) is 24.5 Å². The van der Waals surface area contributed by atoms with E-state index in [1.54, 1.807) is 11.8 Å². The monoisotopic (exact) mass is 260 g/mol. The molecule has 0 radical (unpaired) electrons. The molecule has 1 unspecified atom stereocenters. The number of carbonyl (C=O) groups is 1. The molecule has 0 bridgehead atoms. The summed E-state index contributed by atoms with van der Waals surface area (Å²) in [6.45, 7) is 6.93. The number of rotatable bonds is 6. The number of carbonyl (C=O) groups excluding carboxylic acids is 1. The molecule has 0 spiro atoms. The highest BCUT2D eigenvalue weighted by Gasteiger charge is 2.17. The summed E-state index contributed by atoms with van der Waals surface area (Å²) in [6.07, 6.45) is 0. The second-order valence-corrected chi connectivity index (χ2v) is 4.16. The van der Waals surface area contributed by atoms with Crippen molar-refractivity contribution in [1.82, 2.24) is 15.5 Å². The van der Waals surface area contributed by atoms with Crippen LogP contribution < -0.4 is 10.2 Å². The summed E-state index contributed by atoms with van der Waals surface area (Å²) < 4.78 is 5.37. The molecule has 1 heterocycles. The number of anilines is 1. The van der Waals surface area contributed by atoms with E-state index in [4.69, 9.17) is 16.0 Å². The van der Waals surface area contributed by atoms with Crippen molar-refractivity contribution >= 4 is 23.5 Å². The minimum atomic E-state index is -0.334. The van der Waals surface area contributed by atoms with Gasteiger partial charge >= 0.3 is 6.01 Å². The fraction of sp³-hybridized carbons (Fsp3) is 0.700. The summed E-state index contributed by atoms with van der Waals surface area (Å²) in [7, 11) is 0. The van der Waals surface area contributed by atoms with E-state index in [0.717, 1.165) is 0 Å². The van der Waals surface area contributed by atoms with Gasteiger partial charge in [-0.05, 0) is 20.8 Å². The first-order chi connectivity index (χ1) is 8.08. The summed E-state index contributed by atoms with van der Waals surface area (Å²) in [5.74, 6) is 0.282. The van der Waals surface area contributed by atoms with Gasteiger partial charge in [-0.3, -0.25) is 4.79 Å². The zero-order valence-corrected chi connectivity index (χ0v) is 11.0. The van der Waals surface area contributed by atoms with E-state index < -0.39 is 0 Å². The fourth-order valence-electron chi connectivity index (χ4n) is 1.26. The van der Waals surface area contributed by atoms with Crippen LogP contribution >= 0.6 is 11.6 Å². The lowest BCUT2D eigenvalue weighted by atomic mass is 10.5. The Kier molecular flexibility index (Phi) is 5.21. The predicted octanol–water partition coefficient (Wildman–Crippen LogP) is 1.33. The topological polar surface area (TPSA) is 71.3 Å². The molecule has 1 aromatic heterocycles. The van der Waals surface area contributed by atoms with Crippen molar-refractivity contribution in [3.05, 3.63) is 5.89 Å². The highest BCUT2D eigenvalue weighted by Crippen LogP contribution is 2.21. The summed E-state index contributed by atoms with van der Waals surface area (Å²) in [4.78, 5) is 13.2. The van der Waals surface area contributed by atoms with Crippen LogP contribution in [0.2, 0.25) is 0 Å². The van der Waals surface area contributed by atoms with E-state index >= 15 is 0 Å². The van der Waals surface area contributed by atoms with E-state index in [0.29, 0.717) is 25.0 Å². The smallest absolute Gasteiger partial charge is 0.318 e. The molecular weight excluding hydrogens is 244 g/mol. The zero-order chi connectivity index (χ0) is 12.8. The van der Waals surface area contributed by atoms with E-state index in [2.05, 4.69) is 15.5 Å². The van der Waals surface area contributed by atoms with Gasteiger partial charge in [0, 0.05) is 13.1 Å². The molecule has 0 saturated heterocycles. The molecule has 1 rings (SSSR count). The highest BCUT2D eigenvalue weighted by molar-refractivity contribution is 6.20. The number of hydrogen-bond acceptors (Lipinski definition) is 5. The van der Waals surface area contributed by atoms with E-state index in [1.165, 1.54) is 0 Å². The van der Waals surface area contributed by atoms with Crippen LogP contribution in [0, 0.1) is 0 Å². The molecule has 1 N–H and O–H groups in total. The van der Waals surface area contributed by atoms with Gasteiger partial charge in [0.1, 0.15) is 11.9 Å². The molecule has 7 heteroatoms. The molecule has 1 atom stereocenters. The molecule has 0 aliphatic heterocycles. The summed E-state index contributed by atoms with van der Waals surface area (Å²) in [6, 6.07) is 0.321. The quantitative estimate of drug-likeness (QED) is 0.782. The summed E-state index contributed by atoms with van der Waals surface area (Å²) in [5, 5.41) is 10.1. The van der Waals surface area contributed by atoms with Crippen molar-refractivity contribution < 1.29 is 9.21 Å². The van der Waals surface area contributed by atoms with Crippen LogP contribution in [-0.4, -0.2) is 35.7 Å². The fourth-order valence-corrected chi connectivity index (χ4v) is 1.34. The number of aromatic nitrogens is 2. The summed E-state index contributed by atoms with van der Waals surface area (Å²) >= 11 is 5.83. The van der Waals surface area contributed by atoms with Crippen LogP contribution in [-0.2, 0) is 4.79 Å². The molecule has 0 saturated carbocycles. The molecule has 17 heavy (non-hydrogen) atoms. The summed E-state index contributed by atoms with van der Waals surface area (Å²) in [5.41, 5.74) is 0. The van der Waals surface area contributed by atoms with Crippen LogP contribution in [0.4, 0.5) is 6.01 Å². The lowest BCUT2D eigenvalue weighted by Gasteiger charge is -2.16. The van der Waals surface area contributed by atoms with Crippen molar-refractivity contribution in [2.45, 2.75) is 26.1 Å². The van der Waals surface area contributed by atoms with Gasteiger partial charge in [0.05, 0.1) is 0 Å². The first-order valence-corrected chi connectivity index (χ1v) is 6.01. The Bertz CT molecular complexity index is 367. The van der Waals surface area contributed by atoms with Gasteiger partial charge in [-0.25, -0.2) is 0 Å². The van der Waals surface area contributed by atoms with Crippen molar-refractivity contribution in [3.8, 4) is 0 Å². The maximum absolute atomic E-state index is 11.5. The van der Waals surface area contributed by atoms with Crippen LogP contribution in [0.25, 0.3) is 0 Å². The lowest BCUT2D eigenvalue weighted by molar-refractivity contribution is -0.119. The Labute approximate surface area is 105 Å². The molecule has 96 valence electrons. The lowest BCUT2D eigenvalue weighted by Crippen LogP contribution is -2.37. The Balaban J connectivity index is 2.68. The average Bonchev–Trinajstić information content (AvgIpc) is 2.75. The molecule has 0 aliphatic rings. The first-order valence-electron chi connectivity index (χ1n) is 5.57. The Hall–Kier alpha value is -1.30. The number of alkyl halides is 1. The van der Waals surface area contributed by atoms with Gasteiger partial charge in [-0.2, -0.15) is 0 Å². The van der Waals surface area contributed by atoms with Gasteiger partial charge in [-0.1, -0.05) is 5.10 Å². The first kappa shape index (κ1) is 13.8. The highest BCUT2D eigenvalue weighted by atomic mass is 35.5. The number of nitrogens with zero attached hydrogens (tertiary/aromatic N) is 3. The maximum Gasteiger partial charge on any atom is 0.318 e. The zero-order valence-electron chi connectivity index (χ0n) is 10.2. The van der Waals surface area contributed by atoms with E-state index in [-0.39, 0.29) is 17.8 Å². The minimum Gasteiger partial charge on any atom is -0.406 e. The van der Waals surface area contributed by atoms with Gasteiger partial charge in [0.15, 0.2) is 0 Å². The second-order valence-electron chi connectivity index (χ2n) is 3.51. The second kappa shape index (κ2) is 6.44. The number of hydrogen-bond donors (Lipinski definition) is 1. The van der Waals surface area contributed by atoms with Crippen molar-refractivity contribution in [3.63, 3.8) is 0 Å². The van der Waals surface area contributed by atoms with Gasteiger partial charge in [0.2, 0.25) is 11.8 Å². The van der Waals surface area contributed by atoms with Gasteiger partial charge in [0.25, 0.3) is 0 Å². The van der Waals surface area contributed by atoms with Crippen LogP contribution in [0.3, 0.4) is 0 Å². The maximum atomic E-state index is 11.5. The molecule has 6 nitrogen and oxygen atoms in total. The third kappa shape index (κ3) is 3.89. The van der Waals surface area contributed by atoms with Gasteiger partial charge < -0.3 is 14.6 Å². The molecule has 1 amide bonds. The number of amides is 1. The molecule has 0 aliphatic carbocycles. The van der Waals surface area contributed by atoms with Gasteiger partial charge in [-0.15, -0.1) is 16.7 Å². The van der Waals surface area contributed by atoms with E-state index in [9.17, 15) is 4.79 Å².